The fourth-order valence-corrected chi connectivity index (χ4v) is 2.32. The van der Waals surface area contributed by atoms with Crippen LogP contribution in [0.1, 0.15) is 37.0 Å². The first-order valence-electron chi connectivity index (χ1n) is 6.79. The van der Waals surface area contributed by atoms with Crippen LogP contribution in [0.4, 0.5) is 15.8 Å². The minimum Gasteiger partial charge on any atom is -0.478 e. The quantitative estimate of drug-likeness (QED) is 0.644. The number of aromatic carboxylic acids is 1. The number of carboxylic acid groups (broad SMARTS) is 1. The number of nitrogens with zero attached hydrogens (tertiary/aromatic N) is 2. The molecule has 0 aromatic heterocycles. The SMILES string of the molecule is CC(C)CN(c1cc(F)c(C(=O)O)cc1[N+](=O)[O-])C1CC1. The zero-order chi connectivity index (χ0) is 15.7. The Morgan fingerprint density at radius 3 is 2.57 bits per heavy atom. The van der Waals surface area contributed by atoms with Crippen LogP contribution in [0.5, 0.6) is 0 Å². The molecule has 0 bridgehead atoms. The number of halogens is 1. The largest absolute Gasteiger partial charge is 0.478 e. The standard InChI is InChI=1S/C14H17FN2O4/c1-8(2)7-16(9-3-4-9)12-6-11(15)10(14(18)19)5-13(12)17(20)21/h5-6,8-9H,3-4,7H2,1-2H3,(H,18,19). The lowest BCUT2D eigenvalue weighted by Crippen LogP contribution is -2.30. The molecule has 1 saturated carbocycles. The lowest BCUT2D eigenvalue weighted by molar-refractivity contribution is -0.384. The molecule has 0 radical (unpaired) electrons. The Bertz CT molecular complexity index is 585. The van der Waals surface area contributed by atoms with Crippen molar-refractivity contribution < 1.29 is 19.2 Å². The number of carbonyl (C=O) groups is 1. The summed E-state index contributed by atoms with van der Waals surface area (Å²) in [5, 5.41) is 20.1. The maximum Gasteiger partial charge on any atom is 0.338 e. The Balaban J connectivity index is 2.52. The summed E-state index contributed by atoms with van der Waals surface area (Å²) in [7, 11) is 0. The summed E-state index contributed by atoms with van der Waals surface area (Å²) in [6, 6.07) is 1.95. The van der Waals surface area contributed by atoms with E-state index in [0.717, 1.165) is 25.0 Å². The highest BCUT2D eigenvalue weighted by molar-refractivity contribution is 5.90. The number of hydrogen-bond acceptors (Lipinski definition) is 4. The molecular weight excluding hydrogens is 279 g/mol. The Hall–Kier alpha value is -2.18. The molecular formula is C14H17FN2O4. The number of nitro groups is 1. The monoisotopic (exact) mass is 296 g/mol. The highest BCUT2D eigenvalue weighted by atomic mass is 19.1. The maximum atomic E-state index is 13.9. The lowest BCUT2D eigenvalue weighted by Gasteiger charge is -2.26. The molecule has 1 aromatic rings. The molecule has 1 aliphatic rings. The first-order valence-corrected chi connectivity index (χ1v) is 6.79. The Morgan fingerprint density at radius 2 is 2.14 bits per heavy atom. The van der Waals surface area contributed by atoms with Crippen LogP contribution in [0, 0.1) is 21.8 Å². The van der Waals surface area contributed by atoms with E-state index in [-0.39, 0.29) is 23.3 Å². The zero-order valence-electron chi connectivity index (χ0n) is 11.9. The predicted octanol–water partition coefficient (Wildman–Crippen LogP) is 3.06. The molecule has 7 heteroatoms. The molecule has 21 heavy (non-hydrogen) atoms. The van der Waals surface area contributed by atoms with Gasteiger partial charge in [-0.1, -0.05) is 13.8 Å². The van der Waals surface area contributed by atoms with E-state index in [9.17, 15) is 19.3 Å². The van der Waals surface area contributed by atoms with Gasteiger partial charge in [0.05, 0.1) is 4.92 Å². The molecule has 0 amide bonds. The Kier molecular flexibility index (Phi) is 4.11. The fraction of sp³-hybridized carbons (Fsp3) is 0.500. The number of carboxylic acids is 1. The van der Waals surface area contributed by atoms with Crippen LogP contribution >= 0.6 is 0 Å². The second kappa shape index (κ2) is 5.67. The number of anilines is 1. The normalized spacial score (nSPS) is 14.3. The molecule has 2 rings (SSSR count). The van der Waals surface area contributed by atoms with Crippen molar-refractivity contribution in [1.29, 1.82) is 0 Å². The minimum absolute atomic E-state index is 0.165. The van der Waals surface area contributed by atoms with E-state index in [1.54, 1.807) is 0 Å². The van der Waals surface area contributed by atoms with Crippen LogP contribution in [0.25, 0.3) is 0 Å². The van der Waals surface area contributed by atoms with Crippen molar-refractivity contribution in [3.63, 3.8) is 0 Å². The zero-order valence-corrected chi connectivity index (χ0v) is 11.9. The van der Waals surface area contributed by atoms with E-state index >= 15 is 0 Å². The third-order valence-corrected chi connectivity index (χ3v) is 3.35. The lowest BCUT2D eigenvalue weighted by atomic mass is 10.1. The van der Waals surface area contributed by atoms with Crippen LogP contribution in [0.15, 0.2) is 12.1 Å². The summed E-state index contributed by atoms with van der Waals surface area (Å²) in [6.07, 6.45) is 1.82. The van der Waals surface area contributed by atoms with Crippen molar-refractivity contribution >= 4 is 17.3 Å². The van der Waals surface area contributed by atoms with Gasteiger partial charge in [0, 0.05) is 24.7 Å². The van der Waals surface area contributed by atoms with Gasteiger partial charge in [0.1, 0.15) is 17.1 Å². The maximum absolute atomic E-state index is 13.9. The number of nitro benzene ring substituents is 1. The summed E-state index contributed by atoms with van der Waals surface area (Å²) in [6.45, 7) is 4.52. The highest BCUT2D eigenvalue weighted by Gasteiger charge is 2.34. The van der Waals surface area contributed by atoms with Crippen molar-refractivity contribution in [3.8, 4) is 0 Å². The molecule has 1 aromatic carbocycles. The minimum atomic E-state index is -1.51. The molecule has 0 aliphatic heterocycles. The van der Waals surface area contributed by atoms with E-state index in [4.69, 9.17) is 5.11 Å². The van der Waals surface area contributed by atoms with Gasteiger partial charge in [-0.3, -0.25) is 10.1 Å². The second-order valence-electron chi connectivity index (χ2n) is 5.66. The van der Waals surface area contributed by atoms with Gasteiger partial charge in [-0.15, -0.1) is 0 Å². The van der Waals surface area contributed by atoms with Crippen molar-refractivity contribution in [2.45, 2.75) is 32.7 Å². The van der Waals surface area contributed by atoms with Crippen LogP contribution in [-0.2, 0) is 0 Å². The van der Waals surface area contributed by atoms with Crippen molar-refractivity contribution in [2.24, 2.45) is 5.92 Å². The first-order chi connectivity index (χ1) is 9.81. The van der Waals surface area contributed by atoms with Gasteiger partial charge in [-0.25, -0.2) is 9.18 Å². The van der Waals surface area contributed by atoms with Gasteiger partial charge >= 0.3 is 5.97 Å². The van der Waals surface area contributed by atoms with Crippen LogP contribution in [0.2, 0.25) is 0 Å². The van der Waals surface area contributed by atoms with Crippen LogP contribution < -0.4 is 4.90 Å². The first kappa shape index (κ1) is 15.2. The Labute approximate surface area is 121 Å². The van der Waals surface area contributed by atoms with Gasteiger partial charge in [-0.2, -0.15) is 0 Å². The third-order valence-electron chi connectivity index (χ3n) is 3.35. The Morgan fingerprint density at radius 1 is 1.52 bits per heavy atom. The highest BCUT2D eigenvalue weighted by Crippen LogP contribution is 2.38. The number of hydrogen-bond donors (Lipinski definition) is 1. The van der Waals surface area contributed by atoms with Crippen LogP contribution in [-0.4, -0.2) is 28.6 Å². The average molecular weight is 296 g/mol. The van der Waals surface area contributed by atoms with Crippen LogP contribution in [0.3, 0.4) is 0 Å². The third kappa shape index (κ3) is 3.29. The smallest absolute Gasteiger partial charge is 0.338 e. The topological polar surface area (TPSA) is 83.7 Å². The second-order valence-corrected chi connectivity index (χ2v) is 5.66. The van der Waals surface area contributed by atoms with E-state index in [1.807, 2.05) is 18.7 Å². The molecule has 0 spiro atoms. The van der Waals surface area contributed by atoms with E-state index in [0.29, 0.717) is 6.54 Å². The van der Waals surface area contributed by atoms with E-state index in [2.05, 4.69) is 0 Å². The number of benzene rings is 1. The molecule has 6 nitrogen and oxygen atoms in total. The summed E-state index contributed by atoms with van der Waals surface area (Å²) < 4.78 is 13.9. The molecule has 1 aliphatic carbocycles. The van der Waals surface area contributed by atoms with E-state index < -0.39 is 22.3 Å². The summed E-state index contributed by atoms with van der Waals surface area (Å²) in [4.78, 5) is 23.3. The molecule has 0 unspecified atom stereocenters. The summed E-state index contributed by atoms with van der Waals surface area (Å²) in [5.74, 6) is -2.20. The molecule has 1 N–H and O–H groups in total. The molecule has 0 saturated heterocycles. The average Bonchev–Trinajstić information content (AvgIpc) is 3.18. The van der Waals surface area contributed by atoms with Gasteiger partial charge in [0.15, 0.2) is 0 Å². The van der Waals surface area contributed by atoms with Crippen molar-refractivity contribution in [3.05, 3.63) is 33.6 Å². The van der Waals surface area contributed by atoms with Crippen molar-refractivity contribution in [1.82, 2.24) is 0 Å². The van der Waals surface area contributed by atoms with Gasteiger partial charge in [0.2, 0.25) is 0 Å². The summed E-state index contributed by atoms with van der Waals surface area (Å²) >= 11 is 0. The number of rotatable bonds is 6. The van der Waals surface area contributed by atoms with Gasteiger partial charge in [-0.05, 0) is 18.8 Å². The van der Waals surface area contributed by atoms with Gasteiger partial charge < -0.3 is 10.0 Å². The fourth-order valence-electron chi connectivity index (χ4n) is 2.32. The van der Waals surface area contributed by atoms with E-state index in [1.165, 1.54) is 0 Å². The molecule has 1 fully saturated rings. The molecule has 0 atom stereocenters. The van der Waals surface area contributed by atoms with Gasteiger partial charge in [0.25, 0.3) is 5.69 Å². The molecule has 114 valence electrons. The van der Waals surface area contributed by atoms with Crippen molar-refractivity contribution in [2.75, 3.05) is 11.4 Å². The molecule has 0 heterocycles. The summed E-state index contributed by atoms with van der Waals surface area (Å²) in [5.41, 5.74) is -0.870. The predicted molar refractivity (Wildman–Crippen MR) is 75.2 cm³/mol.